The molecule has 0 spiro atoms. The molecule has 0 aliphatic heterocycles. The van der Waals surface area contributed by atoms with Gasteiger partial charge in [0.1, 0.15) is 0 Å². The molecule has 0 bridgehead atoms. The van der Waals surface area contributed by atoms with Crippen LogP contribution in [0, 0.1) is 0 Å². The van der Waals surface area contributed by atoms with Crippen LogP contribution in [0.15, 0.2) is 30.5 Å². The van der Waals surface area contributed by atoms with E-state index in [-0.39, 0.29) is 5.91 Å². The second-order valence-electron chi connectivity index (χ2n) is 6.42. The number of aryl methyl sites for hydroxylation is 1. The zero-order chi connectivity index (χ0) is 15.4. The summed E-state index contributed by atoms with van der Waals surface area (Å²) in [4.78, 5) is 15.3. The second kappa shape index (κ2) is 6.53. The molecule has 1 saturated carbocycles. The van der Waals surface area contributed by atoms with Gasteiger partial charge in [0, 0.05) is 30.1 Å². The molecule has 118 valence electrons. The van der Waals surface area contributed by atoms with E-state index >= 15 is 0 Å². The summed E-state index contributed by atoms with van der Waals surface area (Å²) in [5.41, 5.74) is 1.59. The number of aliphatic hydroxyl groups is 1. The van der Waals surface area contributed by atoms with E-state index in [1.165, 1.54) is 17.4 Å². The minimum Gasteiger partial charge on any atom is -0.388 e. The first-order valence-electron chi connectivity index (χ1n) is 8.20. The van der Waals surface area contributed by atoms with Crippen molar-refractivity contribution in [1.29, 1.82) is 0 Å². The Morgan fingerprint density at radius 2 is 2.00 bits per heavy atom. The number of para-hydroxylation sites is 1. The number of aromatic nitrogens is 1. The molecule has 0 atom stereocenters. The molecule has 22 heavy (non-hydrogen) atoms. The average molecular weight is 300 g/mol. The van der Waals surface area contributed by atoms with Crippen LogP contribution in [0.5, 0.6) is 0 Å². The zero-order valence-electron chi connectivity index (χ0n) is 12.9. The Bertz CT molecular complexity index is 641. The molecule has 1 aliphatic rings. The number of carbonyl (C=O) groups excluding carboxylic acids is 1. The summed E-state index contributed by atoms with van der Waals surface area (Å²) in [6, 6.07) is 8.12. The zero-order valence-corrected chi connectivity index (χ0v) is 12.9. The molecule has 3 N–H and O–H groups in total. The lowest BCUT2D eigenvalue weighted by atomic mass is 9.85. The molecular weight excluding hydrogens is 276 g/mol. The van der Waals surface area contributed by atoms with E-state index in [1.54, 1.807) is 0 Å². The molecule has 1 aromatic heterocycles. The predicted molar refractivity (Wildman–Crippen MR) is 87.7 cm³/mol. The fraction of sp³-hybridized carbons (Fsp3) is 0.500. The van der Waals surface area contributed by atoms with E-state index in [0.29, 0.717) is 19.4 Å². The summed E-state index contributed by atoms with van der Waals surface area (Å²) in [7, 11) is 0. The van der Waals surface area contributed by atoms with E-state index in [1.807, 2.05) is 24.4 Å². The van der Waals surface area contributed by atoms with Crippen LogP contribution in [0.3, 0.4) is 0 Å². The van der Waals surface area contributed by atoms with Crippen LogP contribution in [0.1, 0.15) is 44.1 Å². The highest BCUT2D eigenvalue weighted by molar-refractivity contribution is 5.84. The van der Waals surface area contributed by atoms with E-state index in [0.717, 1.165) is 31.2 Å². The fourth-order valence-electron chi connectivity index (χ4n) is 3.32. The molecule has 1 fully saturated rings. The number of H-pyrrole nitrogens is 1. The Balaban J connectivity index is 1.50. The highest BCUT2D eigenvalue weighted by atomic mass is 16.3. The number of hydrogen-bond acceptors (Lipinski definition) is 2. The van der Waals surface area contributed by atoms with Crippen molar-refractivity contribution in [2.24, 2.45) is 0 Å². The smallest absolute Gasteiger partial charge is 0.220 e. The number of carbonyl (C=O) groups is 1. The lowest BCUT2D eigenvalue weighted by Gasteiger charge is -2.32. The Labute approximate surface area is 130 Å². The van der Waals surface area contributed by atoms with E-state index < -0.39 is 5.60 Å². The van der Waals surface area contributed by atoms with Gasteiger partial charge in [0.05, 0.1) is 5.60 Å². The third-order valence-corrected chi connectivity index (χ3v) is 4.70. The number of fused-ring (bicyclic) bond motifs is 1. The highest BCUT2D eigenvalue weighted by Gasteiger charge is 2.29. The molecular formula is C18H24N2O2. The minimum atomic E-state index is -0.686. The quantitative estimate of drug-likeness (QED) is 0.795. The van der Waals surface area contributed by atoms with Gasteiger partial charge in [-0.05, 0) is 30.9 Å². The van der Waals surface area contributed by atoms with Crippen molar-refractivity contribution in [3.63, 3.8) is 0 Å². The number of rotatable bonds is 5. The number of hydrogen-bond donors (Lipinski definition) is 3. The third kappa shape index (κ3) is 3.50. The van der Waals surface area contributed by atoms with Crippen LogP contribution < -0.4 is 5.32 Å². The van der Waals surface area contributed by atoms with Gasteiger partial charge in [-0.3, -0.25) is 4.79 Å². The van der Waals surface area contributed by atoms with Crippen LogP contribution >= 0.6 is 0 Å². The van der Waals surface area contributed by atoms with Crippen LogP contribution in [0.2, 0.25) is 0 Å². The van der Waals surface area contributed by atoms with Gasteiger partial charge < -0.3 is 15.4 Å². The molecule has 0 radical (unpaired) electrons. The number of benzene rings is 1. The molecule has 1 aliphatic carbocycles. The van der Waals surface area contributed by atoms with Crippen molar-refractivity contribution >= 4 is 16.8 Å². The highest BCUT2D eigenvalue weighted by Crippen LogP contribution is 2.27. The molecule has 0 saturated heterocycles. The normalized spacial score (nSPS) is 17.5. The Morgan fingerprint density at radius 3 is 2.82 bits per heavy atom. The summed E-state index contributed by atoms with van der Waals surface area (Å²) >= 11 is 0. The maximum atomic E-state index is 12.0. The van der Waals surface area contributed by atoms with Gasteiger partial charge in [0.15, 0.2) is 0 Å². The van der Waals surface area contributed by atoms with Gasteiger partial charge in [-0.2, -0.15) is 0 Å². The first-order valence-corrected chi connectivity index (χ1v) is 8.20. The fourth-order valence-corrected chi connectivity index (χ4v) is 3.32. The molecule has 1 aromatic carbocycles. The minimum absolute atomic E-state index is 0.0179. The molecule has 3 rings (SSSR count). The first-order chi connectivity index (χ1) is 10.7. The Kier molecular flexibility index (Phi) is 4.48. The monoisotopic (exact) mass is 300 g/mol. The maximum absolute atomic E-state index is 12.0. The molecule has 4 nitrogen and oxygen atoms in total. The van der Waals surface area contributed by atoms with E-state index in [4.69, 9.17) is 0 Å². The van der Waals surface area contributed by atoms with Gasteiger partial charge >= 0.3 is 0 Å². The van der Waals surface area contributed by atoms with Crippen LogP contribution in [0.25, 0.3) is 10.9 Å². The van der Waals surface area contributed by atoms with Crippen molar-refractivity contribution < 1.29 is 9.90 Å². The Morgan fingerprint density at radius 1 is 1.23 bits per heavy atom. The second-order valence-corrected chi connectivity index (χ2v) is 6.42. The van der Waals surface area contributed by atoms with Gasteiger partial charge in [0.25, 0.3) is 0 Å². The number of nitrogens with one attached hydrogen (secondary N) is 2. The van der Waals surface area contributed by atoms with Crippen molar-refractivity contribution in [3.8, 4) is 0 Å². The molecule has 4 heteroatoms. The molecule has 0 unspecified atom stereocenters. The summed E-state index contributed by atoms with van der Waals surface area (Å²) in [5.74, 6) is 0.0179. The predicted octanol–water partition coefficient (Wildman–Crippen LogP) is 2.91. The molecule has 1 heterocycles. The largest absolute Gasteiger partial charge is 0.388 e. The van der Waals surface area contributed by atoms with Gasteiger partial charge in [-0.25, -0.2) is 0 Å². The number of aromatic amines is 1. The Hall–Kier alpha value is -1.81. The van der Waals surface area contributed by atoms with Crippen molar-refractivity contribution in [1.82, 2.24) is 10.3 Å². The molecule has 2 aromatic rings. The number of amides is 1. The van der Waals surface area contributed by atoms with Gasteiger partial charge in [0.2, 0.25) is 5.91 Å². The van der Waals surface area contributed by atoms with E-state index in [2.05, 4.69) is 16.4 Å². The van der Waals surface area contributed by atoms with Crippen molar-refractivity contribution in [2.75, 3.05) is 6.54 Å². The lowest BCUT2D eigenvalue weighted by Crippen LogP contribution is -2.44. The standard InChI is InChI=1S/C18H24N2O2/c21-17(20-13-18(22)10-4-1-5-11-18)9-8-14-12-19-16-7-3-2-6-15(14)16/h2-3,6-7,12,19,22H,1,4-5,8-11,13H2,(H,20,21). The van der Waals surface area contributed by atoms with Crippen LogP contribution in [-0.2, 0) is 11.2 Å². The first kappa shape index (κ1) is 15.1. The SMILES string of the molecule is O=C(CCc1c[nH]c2ccccc12)NCC1(O)CCCCC1. The summed E-state index contributed by atoms with van der Waals surface area (Å²) in [5, 5.41) is 14.5. The van der Waals surface area contributed by atoms with E-state index in [9.17, 15) is 9.90 Å². The third-order valence-electron chi connectivity index (χ3n) is 4.70. The molecule has 1 amide bonds. The topological polar surface area (TPSA) is 65.1 Å². The van der Waals surface area contributed by atoms with Crippen molar-refractivity contribution in [3.05, 3.63) is 36.0 Å². The summed E-state index contributed by atoms with van der Waals surface area (Å²) < 4.78 is 0. The van der Waals surface area contributed by atoms with Crippen LogP contribution in [0.4, 0.5) is 0 Å². The summed E-state index contributed by atoms with van der Waals surface area (Å²) in [6.45, 7) is 0.389. The van der Waals surface area contributed by atoms with Crippen molar-refractivity contribution in [2.45, 2.75) is 50.5 Å². The van der Waals surface area contributed by atoms with Crippen LogP contribution in [-0.4, -0.2) is 28.1 Å². The van der Waals surface area contributed by atoms with Gasteiger partial charge in [-0.1, -0.05) is 37.5 Å². The maximum Gasteiger partial charge on any atom is 0.220 e. The van der Waals surface area contributed by atoms with Gasteiger partial charge in [-0.15, -0.1) is 0 Å². The average Bonchev–Trinajstić information content (AvgIpc) is 2.95. The summed E-state index contributed by atoms with van der Waals surface area (Å²) in [6.07, 6.45) is 8.06. The lowest BCUT2D eigenvalue weighted by molar-refractivity contribution is -0.122.